The summed E-state index contributed by atoms with van der Waals surface area (Å²) in [5.74, 6) is -0.326. The predicted molar refractivity (Wildman–Crippen MR) is 71.1 cm³/mol. The Hall–Kier alpha value is -1.97. The molecule has 102 valence electrons. The Balaban J connectivity index is 2.57. The minimum atomic E-state index is -0.484. The number of rotatable bonds is 2. The van der Waals surface area contributed by atoms with Gasteiger partial charge in [-0.2, -0.15) is 0 Å². The summed E-state index contributed by atoms with van der Waals surface area (Å²) in [4.78, 5) is 11.5. The highest BCUT2D eigenvalue weighted by molar-refractivity contribution is 5.77. The van der Waals surface area contributed by atoms with Crippen LogP contribution < -0.4 is 0 Å². The lowest BCUT2D eigenvalue weighted by atomic mass is 9.90. The Kier molecular flexibility index (Phi) is 3.51. The average Bonchev–Trinajstić information content (AvgIpc) is 2.26. The number of hydrogen-bond donors (Lipinski definition) is 2. The van der Waals surface area contributed by atoms with Crippen molar-refractivity contribution in [3.63, 3.8) is 0 Å². The van der Waals surface area contributed by atoms with Crippen LogP contribution in [-0.2, 0) is 22.4 Å². The standard InChI is InChI=1S/C15H18O4/c1-8(2)4-5-10-11-6-14(18)19-9(3)15(11)13(17)7-12(10)16/h4,7,9,16-17H,5-6H2,1-3H3/t9-/m0/s1. The number of esters is 1. The van der Waals surface area contributed by atoms with Crippen molar-refractivity contribution in [1.29, 1.82) is 0 Å². The summed E-state index contributed by atoms with van der Waals surface area (Å²) in [7, 11) is 0. The molecule has 1 heterocycles. The van der Waals surface area contributed by atoms with E-state index in [0.717, 1.165) is 5.57 Å². The maximum atomic E-state index is 11.5. The number of aromatic hydroxyl groups is 2. The number of allylic oxidation sites excluding steroid dienone is 2. The van der Waals surface area contributed by atoms with Crippen LogP contribution in [0.25, 0.3) is 0 Å². The molecule has 2 N–H and O–H groups in total. The Morgan fingerprint density at radius 2 is 2.11 bits per heavy atom. The highest BCUT2D eigenvalue weighted by atomic mass is 16.5. The minimum Gasteiger partial charge on any atom is -0.508 e. The van der Waals surface area contributed by atoms with Crippen LogP contribution in [-0.4, -0.2) is 16.2 Å². The SMILES string of the molecule is CC(C)=CCc1c(O)cc(O)c2c1CC(=O)O[C@H]2C. The van der Waals surface area contributed by atoms with Crippen LogP contribution >= 0.6 is 0 Å². The van der Waals surface area contributed by atoms with Crippen molar-refractivity contribution < 1.29 is 19.7 Å². The average molecular weight is 262 g/mol. The largest absolute Gasteiger partial charge is 0.508 e. The monoisotopic (exact) mass is 262 g/mol. The number of carbonyl (C=O) groups excluding carboxylic acids is 1. The summed E-state index contributed by atoms with van der Waals surface area (Å²) < 4.78 is 5.12. The second kappa shape index (κ2) is 4.96. The van der Waals surface area contributed by atoms with Crippen LogP contribution in [0.3, 0.4) is 0 Å². The molecule has 1 aromatic rings. The lowest BCUT2D eigenvalue weighted by molar-refractivity contribution is -0.149. The van der Waals surface area contributed by atoms with E-state index < -0.39 is 6.10 Å². The summed E-state index contributed by atoms with van der Waals surface area (Å²) in [5.41, 5.74) is 3.12. The molecule has 0 saturated carbocycles. The van der Waals surface area contributed by atoms with Crippen LogP contribution in [0.15, 0.2) is 17.7 Å². The van der Waals surface area contributed by atoms with Gasteiger partial charge in [-0.1, -0.05) is 11.6 Å². The van der Waals surface area contributed by atoms with Crippen molar-refractivity contribution in [2.45, 2.75) is 39.7 Å². The lowest BCUT2D eigenvalue weighted by Gasteiger charge is -2.26. The first-order valence-electron chi connectivity index (χ1n) is 6.29. The summed E-state index contributed by atoms with van der Waals surface area (Å²) in [6, 6.07) is 1.32. The van der Waals surface area contributed by atoms with Gasteiger partial charge in [0.1, 0.15) is 17.6 Å². The third-order valence-electron chi connectivity index (χ3n) is 3.30. The number of ether oxygens (including phenoxy) is 1. The number of phenolic OH excluding ortho intramolecular Hbond substituents is 2. The molecule has 1 atom stereocenters. The Morgan fingerprint density at radius 3 is 2.74 bits per heavy atom. The van der Waals surface area contributed by atoms with Gasteiger partial charge < -0.3 is 14.9 Å². The van der Waals surface area contributed by atoms with E-state index in [0.29, 0.717) is 23.1 Å². The van der Waals surface area contributed by atoms with Gasteiger partial charge in [-0.15, -0.1) is 0 Å². The normalized spacial score (nSPS) is 17.6. The van der Waals surface area contributed by atoms with Gasteiger partial charge in [0.05, 0.1) is 6.42 Å². The Labute approximate surface area is 112 Å². The molecule has 0 unspecified atom stereocenters. The van der Waals surface area contributed by atoms with Crippen LogP contribution in [0, 0.1) is 0 Å². The number of benzene rings is 1. The molecule has 4 heteroatoms. The summed E-state index contributed by atoms with van der Waals surface area (Å²) in [6.45, 7) is 5.67. The molecule has 0 aliphatic carbocycles. The molecule has 1 aliphatic heterocycles. The first-order chi connectivity index (χ1) is 8.90. The van der Waals surface area contributed by atoms with Gasteiger partial charge >= 0.3 is 5.97 Å². The van der Waals surface area contributed by atoms with Gasteiger partial charge in [0, 0.05) is 17.2 Å². The van der Waals surface area contributed by atoms with Crippen molar-refractivity contribution in [3.8, 4) is 11.5 Å². The highest BCUT2D eigenvalue weighted by Gasteiger charge is 2.29. The molecule has 0 fully saturated rings. The molecular weight excluding hydrogens is 244 g/mol. The molecule has 0 aromatic heterocycles. The first-order valence-corrected chi connectivity index (χ1v) is 6.29. The van der Waals surface area contributed by atoms with Crippen LogP contribution in [0.5, 0.6) is 11.5 Å². The lowest BCUT2D eigenvalue weighted by Crippen LogP contribution is -2.21. The van der Waals surface area contributed by atoms with Crippen LogP contribution in [0.1, 0.15) is 43.6 Å². The smallest absolute Gasteiger partial charge is 0.310 e. The molecule has 0 amide bonds. The molecule has 1 aliphatic rings. The van der Waals surface area contributed by atoms with E-state index in [-0.39, 0.29) is 23.9 Å². The van der Waals surface area contributed by atoms with Crippen molar-refractivity contribution in [3.05, 3.63) is 34.4 Å². The van der Waals surface area contributed by atoms with Gasteiger partial charge in [-0.25, -0.2) is 0 Å². The zero-order chi connectivity index (χ0) is 14.2. The topological polar surface area (TPSA) is 66.8 Å². The van der Waals surface area contributed by atoms with E-state index in [2.05, 4.69) is 0 Å². The number of hydrogen-bond acceptors (Lipinski definition) is 4. The molecule has 0 spiro atoms. The number of fused-ring (bicyclic) bond motifs is 1. The molecule has 0 radical (unpaired) electrons. The summed E-state index contributed by atoms with van der Waals surface area (Å²) in [5, 5.41) is 19.9. The molecular formula is C15H18O4. The van der Waals surface area contributed by atoms with E-state index in [4.69, 9.17) is 4.74 Å². The van der Waals surface area contributed by atoms with E-state index in [9.17, 15) is 15.0 Å². The quantitative estimate of drug-likeness (QED) is 0.635. The van der Waals surface area contributed by atoms with E-state index in [1.807, 2.05) is 19.9 Å². The molecule has 0 bridgehead atoms. The number of phenols is 2. The fraction of sp³-hybridized carbons (Fsp3) is 0.400. The zero-order valence-electron chi connectivity index (χ0n) is 11.4. The van der Waals surface area contributed by atoms with E-state index >= 15 is 0 Å². The molecule has 4 nitrogen and oxygen atoms in total. The molecule has 2 rings (SSSR count). The molecule has 0 saturated heterocycles. The van der Waals surface area contributed by atoms with Gasteiger partial charge in [0.25, 0.3) is 0 Å². The number of carbonyl (C=O) groups is 1. The summed E-state index contributed by atoms with van der Waals surface area (Å²) >= 11 is 0. The maximum absolute atomic E-state index is 11.5. The first kappa shape index (κ1) is 13.5. The Bertz CT molecular complexity index is 554. The number of cyclic esters (lactones) is 1. The second-order valence-electron chi connectivity index (χ2n) is 5.08. The van der Waals surface area contributed by atoms with Crippen LogP contribution in [0.2, 0.25) is 0 Å². The van der Waals surface area contributed by atoms with E-state index in [1.54, 1.807) is 6.92 Å². The van der Waals surface area contributed by atoms with Gasteiger partial charge in [-0.05, 0) is 32.8 Å². The molecule has 19 heavy (non-hydrogen) atoms. The predicted octanol–water partition coefficient (Wildman–Crippen LogP) is 2.77. The van der Waals surface area contributed by atoms with Gasteiger partial charge in [0.15, 0.2) is 0 Å². The van der Waals surface area contributed by atoms with Gasteiger partial charge in [-0.3, -0.25) is 4.79 Å². The minimum absolute atomic E-state index is 0.0200. The fourth-order valence-corrected chi connectivity index (χ4v) is 2.40. The maximum Gasteiger partial charge on any atom is 0.310 e. The fourth-order valence-electron chi connectivity index (χ4n) is 2.40. The zero-order valence-corrected chi connectivity index (χ0v) is 11.4. The third-order valence-corrected chi connectivity index (χ3v) is 3.30. The van der Waals surface area contributed by atoms with E-state index in [1.165, 1.54) is 6.07 Å². The second-order valence-corrected chi connectivity index (χ2v) is 5.08. The van der Waals surface area contributed by atoms with Crippen LogP contribution in [0.4, 0.5) is 0 Å². The Morgan fingerprint density at radius 1 is 1.42 bits per heavy atom. The van der Waals surface area contributed by atoms with Crippen molar-refractivity contribution >= 4 is 5.97 Å². The molecule has 1 aromatic carbocycles. The summed E-state index contributed by atoms with van der Waals surface area (Å²) in [6.07, 6.45) is 2.13. The van der Waals surface area contributed by atoms with Crippen molar-refractivity contribution in [1.82, 2.24) is 0 Å². The highest BCUT2D eigenvalue weighted by Crippen LogP contribution is 2.40. The van der Waals surface area contributed by atoms with Crippen molar-refractivity contribution in [2.24, 2.45) is 0 Å². The van der Waals surface area contributed by atoms with Crippen molar-refractivity contribution in [2.75, 3.05) is 0 Å². The van der Waals surface area contributed by atoms with Gasteiger partial charge in [0.2, 0.25) is 0 Å². The third kappa shape index (κ3) is 2.57.